The first-order valence-corrected chi connectivity index (χ1v) is 8.06. The SMILES string of the molecule is CC1CCc2[nH]c3ccc(C(=O)Nc4ccccn4)cc3c2C1. The second-order valence-electron chi connectivity index (χ2n) is 6.36. The third-order valence-electron chi connectivity index (χ3n) is 4.60. The first kappa shape index (κ1) is 14.0. The van der Waals surface area contributed by atoms with Crippen molar-refractivity contribution in [2.45, 2.75) is 26.2 Å². The molecule has 0 saturated carbocycles. The highest BCUT2D eigenvalue weighted by atomic mass is 16.1. The molecule has 0 saturated heterocycles. The number of pyridine rings is 1. The highest BCUT2D eigenvalue weighted by molar-refractivity contribution is 6.06. The van der Waals surface area contributed by atoms with Gasteiger partial charge in [-0.3, -0.25) is 4.79 Å². The molecular weight excluding hydrogens is 286 g/mol. The molecule has 0 radical (unpaired) electrons. The number of anilines is 1. The number of aryl methyl sites for hydroxylation is 1. The Labute approximate surface area is 134 Å². The molecule has 1 aliphatic rings. The number of aromatic nitrogens is 2. The van der Waals surface area contributed by atoms with Crippen LogP contribution < -0.4 is 5.32 Å². The van der Waals surface area contributed by atoms with Gasteiger partial charge < -0.3 is 10.3 Å². The normalized spacial score (nSPS) is 17.0. The number of benzene rings is 1. The van der Waals surface area contributed by atoms with E-state index in [0.29, 0.717) is 17.3 Å². The van der Waals surface area contributed by atoms with Gasteiger partial charge in [-0.15, -0.1) is 0 Å². The molecule has 1 unspecified atom stereocenters. The third-order valence-corrected chi connectivity index (χ3v) is 4.60. The molecule has 1 amide bonds. The van der Waals surface area contributed by atoms with Crippen LogP contribution in [0.1, 0.15) is 35.0 Å². The molecule has 2 heterocycles. The van der Waals surface area contributed by atoms with Crippen LogP contribution in [0, 0.1) is 5.92 Å². The maximum atomic E-state index is 12.5. The lowest BCUT2D eigenvalue weighted by Crippen LogP contribution is -2.13. The minimum absolute atomic E-state index is 0.121. The van der Waals surface area contributed by atoms with E-state index >= 15 is 0 Å². The number of carbonyl (C=O) groups excluding carboxylic acids is 1. The zero-order valence-electron chi connectivity index (χ0n) is 13.1. The molecule has 1 aromatic carbocycles. The number of nitrogens with zero attached hydrogens (tertiary/aromatic N) is 1. The fourth-order valence-corrected chi connectivity index (χ4v) is 3.36. The van der Waals surface area contributed by atoms with Crippen LogP contribution in [0.3, 0.4) is 0 Å². The molecule has 3 aromatic rings. The van der Waals surface area contributed by atoms with E-state index in [-0.39, 0.29) is 5.91 Å². The van der Waals surface area contributed by atoms with Gasteiger partial charge in [0.2, 0.25) is 0 Å². The van der Waals surface area contributed by atoms with Crippen molar-refractivity contribution in [3.8, 4) is 0 Å². The Hall–Kier alpha value is -2.62. The quantitative estimate of drug-likeness (QED) is 0.753. The fraction of sp³-hybridized carbons (Fsp3) is 0.263. The van der Waals surface area contributed by atoms with E-state index in [2.05, 4.69) is 22.2 Å². The Kier molecular flexibility index (Phi) is 3.37. The van der Waals surface area contributed by atoms with Crippen molar-refractivity contribution in [2.24, 2.45) is 5.92 Å². The van der Waals surface area contributed by atoms with Crippen molar-refractivity contribution < 1.29 is 4.79 Å². The first-order chi connectivity index (χ1) is 11.2. The topological polar surface area (TPSA) is 57.8 Å². The van der Waals surface area contributed by atoms with E-state index in [1.807, 2.05) is 30.3 Å². The summed E-state index contributed by atoms with van der Waals surface area (Å²) in [5.41, 5.74) is 4.51. The van der Waals surface area contributed by atoms with Crippen molar-refractivity contribution in [1.82, 2.24) is 9.97 Å². The lowest BCUT2D eigenvalue weighted by Gasteiger charge is -2.18. The van der Waals surface area contributed by atoms with Crippen LogP contribution >= 0.6 is 0 Å². The average molecular weight is 305 g/mol. The van der Waals surface area contributed by atoms with E-state index in [4.69, 9.17) is 0 Å². The van der Waals surface area contributed by atoms with Crippen molar-refractivity contribution in [3.63, 3.8) is 0 Å². The summed E-state index contributed by atoms with van der Waals surface area (Å²) in [5.74, 6) is 1.15. The van der Waals surface area contributed by atoms with Crippen LogP contribution in [0.2, 0.25) is 0 Å². The fourth-order valence-electron chi connectivity index (χ4n) is 3.36. The molecule has 0 aliphatic heterocycles. The molecule has 0 bridgehead atoms. The van der Waals surface area contributed by atoms with Gasteiger partial charge in [0.15, 0.2) is 0 Å². The van der Waals surface area contributed by atoms with Gasteiger partial charge in [-0.2, -0.15) is 0 Å². The Balaban J connectivity index is 1.68. The molecule has 4 rings (SSSR count). The molecule has 0 spiro atoms. The zero-order valence-corrected chi connectivity index (χ0v) is 13.1. The molecule has 4 heteroatoms. The zero-order chi connectivity index (χ0) is 15.8. The van der Waals surface area contributed by atoms with E-state index < -0.39 is 0 Å². The third kappa shape index (κ3) is 2.61. The minimum atomic E-state index is -0.121. The molecule has 2 aromatic heterocycles. The molecule has 2 N–H and O–H groups in total. The first-order valence-electron chi connectivity index (χ1n) is 8.06. The van der Waals surface area contributed by atoms with E-state index in [9.17, 15) is 4.79 Å². The lowest BCUT2D eigenvalue weighted by atomic mass is 9.87. The summed E-state index contributed by atoms with van der Waals surface area (Å²) in [7, 11) is 0. The lowest BCUT2D eigenvalue weighted by molar-refractivity contribution is 0.102. The molecule has 1 atom stereocenters. The smallest absolute Gasteiger partial charge is 0.256 e. The molecule has 1 aliphatic carbocycles. The van der Waals surface area contributed by atoms with Crippen molar-refractivity contribution >= 4 is 22.6 Å². The number of rotatable bonds is 2. The number of H-pyrrole nitrogens is 1. The van der Waals surface area contributed by atoms with Gasteiger partial charge in [-0.05, 0) is 61.1 Å². The minimum Gasteiger partial charge on any atom is -0.358 e. The number of carbonyl (C=O) groups is 1. The Bertz CT molecular complexity index is 867. The summed E-state index contributed by atoms with van der Waals surface area (Å²) in [6.45, 7) is 2.29. The van der Waals surface area contributed by atoms with Crippen LogP contribution in [-0.4, -0.2) is 15.9 Å². The summed E-state index contributed by atoms with van der Waals surface area (Å²) in [5, 5.41) is 4.02. The number of hydrogen-bond donors (Lipinski definition) is 2. The van der Waals surface area contributed by atoms with E-state index in [1.54, 1.807) is 12.3 Å². The van der Waals surface area contributed by atoms with Gasteiger partial charge in [0, 0.05) is 28.4 Å². The standard InChI is InChI=1S/C19H19N3O/c1-12-5-7-16-14(10-12)15-11-13(6-8-17(15)21-16)19(23)22-18-4-2-3-9-20-18/h2-4,6,8-9,11-12,21H,5,7,10H2,1H3,(H,20,22,23). The largest absolute Gasteiger partial charge is 0.358 e. The number of amides is 1. The summed E-state index contributed by atoms with van der Waals surface area (Å²) in [4.78, 5) is 20.1. The molecule has 0 fully saturated rings. The van der Waals surface area contributed by atoms with E-state index in [0.717, 1.165) is 18.4 Å². The predicted octanol–water partition coefficient (Wildman–Crippen LogP) is 3.94. The highest BCUT2D eigenvalue weighted by Gasteiger charge is 2.20. The summed E-state index contributed by atoms with van der Waals surface area (Å²) in [6, 6.07) is 11.3. The monoisotopic (exact) mass is 305 g/mol. The average Bonchev–Trinajstić information content (AvgIpc) is 2.93. The van der Waals surface area contributed by atoms with Crippen LogP contribution in [0.15, 0.2) is 42.6 Å². The van der Waals surface area contributed by atoms with Crippen molar-refractivity contribution in [2.75, 3.05) is 5.32 Å². The number of fused-ring (bicyclic) bond motifs is 3. The van der Waals surface area contributed by atoms with Crippen LogP contribution in [-0.2, 0) is 12.8 Å². The van der Waals surface area contributed by atoms with Crippen molar-refractivity contribution in [3.05, 3.63) is 59.4 Å². The summed E-state index contributed by atoms with van der Waals surface area (Å²) in [6.07, 6.45) is 5.08. The summed E-state index contributed by atoms with van der Waals surface area (Å²) < 4.78 is 0. The van der Waals surface area contributed by atoms with Crippen molar-refractivity contribution in [1.29, 1.82) is 0 Å². The maximum Gasteiger partial charge on any atom is 0.256 e. The second-order valence-corrected chi connectivity index (χ2v) is 6.36. The van der Waals surface area contributed by atoms with Gasteiger partial charge in [0.1, 0.15) is 5.82 Å². The highest BCUT2D eigenvalue weighted by Crippen LogP contribution is 2.32. The maximum absolute atomic E-state index is 12.5. The van der Waals surface area contributed by atoms with Crippen LogP contribution in [0.4, 0.5) is 5.82 Å². The Morgan fingerprint density at radius 1 is 1.30 bits per heavy atom. The number of aromatic amines is 1. The number of nitrogens with one attached hydrogen (secondary N) is 2. The summed E-state index contributed by atoms with van der Waals surface area (Å²) >= 11 is 0. The Morgan fingerprint density at radius 2 is 2.22 bits per heavy atom. The van der Waals surface area contributed by atoms with Crippen LogP contribution in [0.5, 0.6) is 0 Å². The van der Waals surface area contributed by atoms with Gasteiger partial charge in [0.05, 0.1) is 0 Å². The van der Waals surface area contributed by atoms with E-state index in [1.165, 1.54) is 23.1 Å². The number of hydrogen-bond acceptors (Lipinski definition) is 2. The van der Waals surface area contributed by atoms with Gasteiger partial charge in [-0.1, -0.05) is 13.0 Å². The molecule has 23 heavy (non-hydrogen) atoms. The predicted molar refractivity (Wildman–Crippen MR) is 91.7 cm³/mol. The molecule has 4 nitrogen and oxygen atoms in total. The van der Waals surface area contributed by atoms with Gasteiger partial charge in [-0.25, -0.2) is 4.98 Å². The van der Waals surface area contributed by atoms with Crippen LogP contribution in [0.25, 0.3) is 10.9 Å². The molecule has 116 valence electrons. The van der Waals surface area contributed by atoms with Gasteiger partial charge >= 0.3 is 0 Å². The second kappa shape index (κ2) is 5.54. The Morgan fingerprint density at radius 3 is 3.04 bits per heavy atom. The molecular formula is C19H19N3O. The van der Waals surface area contributed by atoms with Gasteiger partial charge in [0.25, 0.3) is 5.91 Å².